The number of aryl methyl sites for hydroxylation is 1. The molecule has 0 atom stereocenters. The van der Waals surface area contributed by atoms with Crippen LogP contribution >= 0.6 is 0 Å². The third-order valence-corrected chi connectivity index (χ3v) is 3.20. The summed E-state index contributed by atoms with van der Waals surface area (Å²) in [5, 5.41) is 9.61. The average molecular weight is 316 g/mol. The van der Waals surface area contributed by atoms with Crippen molar-refractivity contribution in [1.29, 1.82) is 0 Å². The lowest BCUT2D eigenvalue weighted by atomic mass is 10.2. The quantitative estimate of drug-likeness (QED) is 0.757. The van der Waals surface area contributed by atoms with Gasteiger partial charge in [-0.2, -0.15) is 5.10 Å². The van der Waals surface area contributed by atoms with E-state index in [1.807, 2.05) is 6.07 Å². The molecule has 2 amide bonds. The average Bonchev–Trinajstić information content (AvgIpc) is 2.93. The Labute approximate surface area is 134 Å². The van der Waals surface area contributed by atoms with Crippen LogP contribution in [0.15, 0.2) is 36.4 Å². The Morgan fingerprint density at radius 2 is 1.96 bits per heavy atom. The van der Waals surface area contributed by atoms with Gasteiger partial charge in [0.25, 0.3) is 11.8 Å². The minimum Gasteiger partial charge on any atom is -0.385 e. The molecule has 7 nitrogen and oxygen atoms in total. The highest BCUT2D eigenvalue weighted by atomic mass is 16.5. The van der Waals surface area contributed by atoms with E-state index in [2.05, 4.69) is 15.7 Å². The number of carbonyl (C=O) groups excluding carboxylic acids is 2. The van der Waals surface area contributed by atoms with Crippen molar-refractivity contribution in [3.8, 4) is 0 Å². The van der Waals surface area contributed by atoms with Gasteiger partial charge in [-0.3, -0.25) is 14.3 Å². The van der Waals surface area contributed by atoms with Crippen LogP contribution in [0.5, 0.6) is 0 Å². The van der Waals surface area contributed by atoms with E-state index in [9.17, 15) is 9.59 Å². The van der Waals surface area contributed by atoms with Crippen LogP contribution in [0, 0.1) is 0 Å². The number of rotatable bonds is 7. The van der Waals surface area contributed by atoms with Crippen LogP contribution in [0.25, 0.3) is 0 Å². The van der Waals surface area contributed by atoms with Crippen LogP contribution in [0.1, 0.15) is 27.3 Å². The number of hydrogen-bond donors (Lipinski definition) is 2. The lowest BCUT2D eigenvalue weighted by molar-refractivity contribution is 0.0942. The Kier molecular flexibility index (Phi) is 5.87. The molecule has 1 aromatic heterocycles. The smallest absolute Gasteiger partial charge is 0.271 e. The maximum atomic E-state index is 12.1. The summed E-state index contributed by atoms with van der Waals surface area (Å²) in [5.74, 6) is -0.0709. The van der Waals surface area contributed by atoms with Crippen molar-refractivity contribution in [2.45, 2.75) is 6.42 Å². The van der Waals surface area contributed by atoms with Gasteiger partial charge in [0.05, 0.1) is 0 Å². The molecule has 0 bridgehead atoms. The van der Waals surface area contributed by atoms with E-state index in [0.717, 1.165) is 6.42 Å². The second-order valence-corrected chi connectivity index (χ2v) is 4.96. The van der Waals surface area contributed by atoms with Gasteiger partial charge in [0, 0.05) is 38.9 Å². The van der Waals surface area contributed by atoms with Crippen molar-refractivity contribution in [3.05, 3.63) is 47.7 Å². The van der Waals surface area contributed by atoms with Gasteiger partial charge < -0.3 is 15.4 Å². The first-order valence-corrected chi connectivity index (χ1v) is 7.29. The largest absolute Gasteiger partial charge is 0.385 e. The number of anilines is 1. The minimum absolute atomic E-state index is 0.249. The van der Waals surface area contributed by atoms with E-state index in [1.165, 1.54) is 4.68 Å². The second-order valence-electron chi connectivity index (χ2n) is 4.96. The third-order valence-electron chi connectivity index (χ3n) is 3.20. The van der Waals surface area contributed by atoms with Crippen molar-refractivity contribution >= 4 is 17.6 Å². The normalized spacial score (nSPS) is 10.3. The molecular weight excluding hydrogens is 296 g/mol. The Balaban J connectivity index is 1.98. The van der Waals surface area contributed by atoms with E-state index < -0.39 is 0 Å². The van der Waals surface area contributed by atoms with Crippen molar-refractivity contribution in [1.82, 2.24) is 15.1 Å². The Bertz CT molecular complexity index is 667. The number of carbonyl (C=O) groups is 2. The number of aromatic nitrogens is 2. The van der Waals surface area contributed by atoms with Crippen LogP contribution in [-0.2, 0) is 11.8 Å². The minimum atomic E-state index is -0.281. The SMILES string of the molecule is COCCCNC(=O)c1cc(NC(=O)c2ccccc2)n(C)n1. The van der Waals surface area contributed by atoms with Crippen molar-refractivity contribution in [2.75, 3.05) is 25.6 Å². The summed E-state index contributed by atoms with van der Waals surface area (Å²) in [6.07, 6.45) is 0.729. The molecule has 1 aromatic carbocycles. The van der Waals surface area contributed by atoms with Gasteiger partial charge in [0.15, 0.2) is 5.69 Å². The Morgan fingerprint density at radius 3 is 2.65 bits per heavy atom. The zero-order valence-electron chi connectivity index (χ0n) is 13.2. The predicted molar refractivity (Wildman–Crippen MR) is 86.4 cm³/mol. The highest BCUT2D eigenvalue weighted by Gasteiger charge is 2.14. The number of methoxy groups -OCH3 is 1. The second kappa shape index (κ2) is 8.09. The topological polar surface area (TPSA) is 85.3 Å². The summed E-state index contributed by atoms with van der Waals surface area (Å²) in [6, 6.07) is 10.4. The number of nitrogens with one attached hydrogen (secondary N) is 2. The molecule has 0 aliphatic rings. The monoisotopic (exact) mass is 316 g/mol. The molecule has 2 N–H and O–H groups in total. The van der Waals surface area contributed by atoms with Gasteiger partial charge in [-0.1, -0.05) is 18.2 Å². The van der Waals surface area contributed by atoms with Crippen LogP contribution in [0.3, 0.4) is 0 Å². The first-order valence-electron chi connectivity index (χ1n) is 7.29. The number of nitrogens with zero attached hydrogens (tertiary/aromatic N) is 2. The summed E-state index contributed by atoms with van der Waals surface area (Å²) in [7, 11) is 3.28. The summed E-state index contributed by atoms with van der Waals surface area (Å²) in [4.78, 5) is 24.1. The third kappa shape index (κ3) is 4.65. The van der Waals surface area contributed by atoms with E-state index in [-0.39, 0.29) is 17.5 Å². The first-order chi connectivity index (χ1) is 11.1. The van der Waals surface area contributed by atoms with Gasteiger partial charge in [-0.25, -0.2) is 0 Å². The predicted octanol–water partition coefficient (Wildman–Crippen LogP) is 1.44. The van der Waals surface area contributed by atoms with Crippen LogP contribution in [0.2, 0.25) is 0 Å². The highest BCUT2D eigenvalue weighted by molar-refractivity contribution is 6.04. The molecule has 2 aromatic rings. The Morgan fingerprint density at radius 1 is 1.22 bits per heavy atom. The number of amides is 2. The molecule has 0 aliphatic carbocycles. The van der Waals surface area contributed by atoms with Crippen LogP contribution < -0.4 is 10.6 Å². The van der Waals surface area contributed by atoms with E-state index in [4.69, 9.17) is 4.74 Å². The lowest BCUT2D eigenvalue weighted by Gasteiger charge is -2.04. The van der Waals surface area contributed by atoms with Crippen molar-refractivity contribution in [2.24, 2.45) is 7.05 Å². The summed E-state index contributed by atoms with van der Waals surface area (Å²) < 4.78 is 6.38. The molecule has 23 heavy (non-hydrogen) atoms. The van der Waals surface area contributed by atoms with Gasteiger partial charge in [-0.05, 0) is 18.6 Å². The summed E-state index contributed by atoms with van der Waals surface area (Å²) in [6.45, 7) is 1.09. The summed E-state index contributed by atoms with van der Waals surface area (Å²) >= 11 is 0. The molecule has 7 heteroatoms. The fourth-order valence-electron chi connectivity index (χ4n) is 1.98. The lowest BCUT2D eigenvalue weighted by Crippen LogP contribution is -2.25. The molecule has 0 radical (unpaired) electrons. The molecule has 0 saturated heterocycles. The molecule has 0 spiro atoms. The molecule has 0 fully saturated rings. The van der Waals surface area contributed by atoms with Gasteiger partial charge in [0.1, 0.15) is 5.82 Å². The van der Waals surface area contributed by atoms with Gasteiger partial charge in [0.2, 0.25) is 0 Å². The van der Waals surface area contributed by atoms with Crippen molar-refractivity contribution < 1.29 is 14.3 Å². The van der Waals surface area contributed by atoms with Gasteiger partial charge >= 0.3 is 0 Å². The maximum Gasteiger partial charge on any atom is 0.271 e. The van der Waals surface area contributed by atoms with E-state index in [1.54, 1.807) is 44.5 Å². The fourth-order valence-corrected chi connectivity index (χ4v) is 1.98. The Hall–Kier alpha value is -2.67. The number of hydrogen-bond acceptors (Lipinski definition) is 4. The highest BCUT2D eigenvalue weighted by Crippen LogP contribution is 2.11. The first kappa shape index (κ1) is 16.7. The maximum absolute atomic E-state index is 12.1. The van der Waals surface area contributed by atoms with Gasteiger partial charge in [-0.15, -0.1) is 0 Å². The zero-order valence-corrected chi connectivity index (χ0v) is 13.2. The van der Waals surface area contributed by atoms with E-state index >= 15 is 0 Å². The molecule has 0 aliphatic heterocycles. The standard InChI is InChI=1S/C16H20N4O3/c1-20-14(18-15(21)12-7-4-3-5-8-12)11-13(19-20)16(22)17-9-6-10-23-2/h3-5,7-8,11H,6,9-10H2,1-2H3,(H,17,22)(H,18,21). The molecule has 2 rings (SSSR count). The van der Waals surface area contributed by atoms with Crippen molar-refractivity contribution in [3.63, 3.8) is 0 Å². The van der Waals surface area contributed by atoms with Crippen LogP contribution in [0.4, 0.5) is 5.82 Å². The fraction of sp³-hybridized carbons (Fsp3) is 0.312. The van der Waals surface area contributed by atoms with E-state index in [0.29, 0.717) is 24.5 Å². The number of benzene rings is 1. The molecular formula is C16H20N4O3. The zero-order chi connectivity index (χ0) is 16.7. The molecule has 122 valence electrons. The number of ether oxygens (including phenoxy) is 1. The summed E-state index contributed by atoms with van der Waals surface area (Å²) in [5.41, 5.74) is 0.799. The molecule has 0 unspecified atom stereocenters. The molecule has 0 saturated carbocycles. The molecule has 1 heterocycles. The van der Waals surface area contributed by atoms with Crippen LogP contribution in [-0.4, -0.2) is 41.9 Å².